The Labute approximate surface area is 137 Å². The van der Waals surface area contributed by atoms with Crippen LogP contribution in [-0.2, 0) is 0 Å². The van der Waals surface area contributed by atoms with Crippen LogP contribution in [0, 0.1) is 5.92 Å². The van der Waals surface area contributed by atoms with Crippen molar-refractivity contribution >= 4 is 11.8 Å². The maximum atomic E-state index is 5.49. The number of thioether (sulfide) groups is 1. The van der Waals surface area contributed by atoms with Gasteiger partial charge in [0.15, 0.2) is 0 Å². The molecule has 1 aliphatic carbocycles. The fraction of sp³-hybridized carbons (Fsp3) is 0.474. The first-order valence-corrected chi connectivity index (χ1v) is 9.11. The fourth-order valence-electron chi connectivity index (χ4n) is 4.54. The van der Waals surface area contributed by atoms with Crippen LogP contribution in [0.3, 0.4) is 0 Å². The van der Waals surface area contributed by atoms with Crippen molar-refractivity contribution < 1.29 is 4.74 Å². The summed E-state index contributed by atoms with van der Waals surface area (Å²) in [6.07, 6.45) is 9.40. The SMILES string of the molecule is COc1ccc2c(c1)C1C(CCCN1C)C2C1C=CC=CS1. The zero-order chi connectivity index (χ0) is 15.1. The van der Waals surface area contributed by atoms with Gasteiger partial charge >= 0.3 is 0 Å². The van der Waals surface area contributed by atoms with E-state index >= 15 is 0 Å². The van der Waals surface area contributed by atoms with E-state index in [2.05, 4.69) is 53.8 Å². The van der Waals surface area contributed by atoms with E-state index in [4.69, 9.17) is 4.74 Å². The molecule has 1 aromatic rings. The molecule has 1 aromatic carbocycles. The second-order valence-electron chi connectivity index (χ2n) is 6.57. The highest BCUT2D eigenvalue weighted by Gasteiger charge is 2.46. The summed E-state index contributed by atoms with van der Waals surface area (Å²) in [6, 6.07) is 7.29. The van der Waals surface area contributed by atoms with Crippen molar-refractivity contribution in [1.82, 2.24) is 4.90 Å². The van der Waals surface area contributed by atoms with Crippen LogP contribution in [0.1, 0.15) is 35.9 Å². The van der Waals surface area contributed by atoms with Crippen LogP contribution in [-0.4, -0.2) is 30.9 Å². The first-order chi connectivity index (χ1) is 10.8. The van der Waals surface area contributed by atoms with Gasteiger partial charge in [-0.3, -0.25) is 4.90 Å². The molecule has 2 heterocycles. The van der Waals surface area contributed by atoms with Crippen molar-refractivity contribution in [3.05, 3.63) is 53.0 Å². The minimum Gasteiger partial charge on any atom is -0.497 e. The molecule has 22 heavy (non-hydrogen) atoms. The summed E-state index contributed by atoms with van der Waals surface area (Å²) in [7, 11) is 4.05. The number of piperidine rings is 1. The van der Waals surface area contributed by atoms with Gasteiger partial charge in [0.05, 0.1) is 7.11 Å². The van der Waals surface area contributed by atoms with Crippen molar-refractivity contribution in [2.45, 2.75) is 30.1 Å². The molecule has 0 spiro atoms. The molecule has 4 atom stereocenters. The second-order valence-corrected chi connectivity index (χ2v) is 7.65. The highest BCUT2D eigenvalue weighted by Crippen LogP contribution is 2.56. The highest BCUT2D eigenvalue weighted by atomic mass is 32.2. The van der Waals surface area contributed by atoms with Gasteiger partial charge in [0.1, 0.15) is 5.75 Å². The number of methoxy groups -OCH3 is 1. The van der Waals surface area contributed by atoms with Crippen LogP contribution in [0.2, 0.25) is 0 Å². The van der Waals surface area contributed by atoms with Gasteiger partial charge in [0.25, 0.3) is 0 Å². The van der Waals surface area contributed by atoms with Crippen LogP contribution in [0.15, 0.2) is 41.8 Å². The molecule has 0 saturated carbocycles. The Morgan fingerprint density at radius 2 is 2.14 bits per heavy atom. The topological polar surface area (TPSA) is 12.5 Å². The Morgan fingerprint density at radius 3 is 2.91 bits per heavy atom. The minimum absolute atomic E-state index is 0.559. The number of likely N-dealkylation sites (tertiary alicyclic amines) is 1. The van der Waals surface area contributed by atoms with Crippen LogP contribution in [0.25, 0.3) is 0 Å². The van der Waals surface area contributed by atoms with Crippen molar-refractivity contribution in [2.24, 2.45) is 5.92 Å². The monoisotopic (exact) mass is 313 g/mol. The number of fused-ring (bicyclic) bond motifs is 3. The summed E-state index contributed by atoms with van der Waals surface area (Å²) in [5.41, 5.74) is 3.04. The van der Waals surface area contributed by atoms with Gasteiger partial charge < -0.3 is 4.74 Å². The summed E-state index contributed by atoms with van der Waals surface area (Å²) in [6.45, 7) is 1.21. The molecule has 1 saturated heterocycles. The number of ether oxygens (including phenoxy) is 1. The zero-order valence-corrected chi connectivity index (χ0v) is 14.1. The van der Waals surface area contributed by atoms with E-state index in [1.54, 1.807) is 12.7 Å². The standard InChI is InChI=1S/C19H23NOS/c1-20-10-5-6-15-18(17-7-3-4-11-22-17)14-9-8-13(21-2)12-16(14)19(15)20/h3-4,7-9,11-12,15,17-19H,5-6,10H2,1-2H3. The molecular formula is C19H23NOS. The number of hydrogen-bond donors (Lipinski definition) is 0. The number of benzene rings is 1. The van der Waals surface area contributed by atoms with Crippen molar-refractivity contribution in [2.75, 3.05) is 20.7 Å². The van der Waals surface area contributed by atoms with Gasteiger partial charge in [-0.2, -0.15) is 0 Å². The molecule has 2 nitrogen and oxygen atoms in total. The van der Waals surface area contributed by atoms with Crippen LogP contribution in [0.4, 0.5) is 0 Å². The maximum absolute atomic E-state index is 5.49. The summed E-state index contributed by atoms with van der Waals surface area (Å²) in [4.78, 5) is 2.56. The maximum Gasteiger partial charge on any atom is 0.119 e. The average Bonchev–Trinajstić information content (AvgIpc) is 2.90. The van der Waals surface area contributed by atoms with Gasteiger partial charge in [-0.1, -0.05) is 24.3 Å². The Balaban J connectivity index is 1.79. The minimum atomic E-state index is 0.559. The molecule has 2 aliphatic heterocycles. The molecule has 0 radical (unpaired) electrons. The normalized spacial score (nSPS) is 33.5. The first kappa shape index (κ1) is 14.4. The van der Waals surface area contributed by atoms with Crippen LogP contribution < -0.4 is 4.74 Å². The third kappa shape index (κ3) is 2.22. The third-order valence-electron chi connectivity index (χ3n) is 5.44. The Morgan fingerprint density at radius 1 is 1.23 bits per heavy atom. The van der Waals surface area contributed by atoms with E-state index in [-0.39, 0.29) is 0 Å². The second kappa shape index (κ2) is 5.78. The van der Waals surface area contributed by atoms with Crippen molar-refractivity contribution in [3.8, 4) is 5.75 Å². The largest absolute Gasteiger partial charge is 0.497 e. The molecule has 0 aromatic heterocycles. The lowest BCUT2D eigenvalue weighted by atomic mass is 9.81. The quantitative estimate of drug-likeness (QED) is 0.805. The van der Waals surface area contributed by atoms with Gasteiger partial charge in [0.2, 0.25) is 0 Å². The lowest BCUT2D eigenvalue weighted by Crippen LogP contribution is -2.36. The molecule has 4 rings (SSSR count). The van der Waals surface area contributed by atoms with Gasteiger partial charge in [0, 0.05) is 17.2 Å². The van der Waals surface area contributed by atoms with Crippen molar-refractivity contribution in [1.29, 1.82) is 0 Å². The predicted molar refractivity (Wildman–Crippen MR) is 93.5 cm³/mol. The number of allylic oxidation sites excluding steroid dienone is 2. The smallest absolute Gasteiger partial charge is 0.119 e. The van der Waals surface area contributed by atoms with Crippen molar-refractivity contribution in [3.63, 3.8) is 0 Å². The number of hydrogen-bond acceptors (Lipinski definition) is 3. The molecular weight excluding hydrogens is 290 g/mol. The summed E-state index contributed by atoms with van der Waals surface area (Å²) in [5, 5.41) is 2.81. The van der Waals surface area contributed by atoms with E-state index in [0.29, 0.717) is 17.2 Å². The predicted octanol–water partition coefficient (Wildman–Crippen LogP) is 4.36. The lowest BCUT2D eigenvalue weighted by Gasteiger charge is -2.38. The van der Waals surface area contributed by atoms with Crippen LogP contribution in [0.5, 0.6) is 5.75 Å². The number of rotatable bonds is 2. The molecule has 3 heteroatoms. The molecule has 1 fully saturated rings. The van der Waals surface area contributed by atoms with E-state index in [1.807, 2.05) is 11.8 Å². The molecule has 116 valence electrons. The molecule has 0 bridgehead atoms. The molecule has 4 unspecified atom stereocenters. The van der Waals surface area contributed by atoms with Gasteiger partial charge in [-0.05, 0) is 61.0 Å². The molecule has 0 amide bonds. The van der Waals surface area contributed by atoms with Crippen LogP contribution >= 0.6 is 11.8 Å². The Hall–Kier alpha value is -1.19. The average molecular weight is 313 g/mol. The lowest BCUT2D eigenvalue weighted by molar-refractivity contribution is 0.121. The first-order valence-electron chi connectivity index (χ1n) is 8.16. The molecule has 0 N–H and O–H groups in total. The highest BCUT2D eigenvalue weighted by molar-refractivity contribution is 8.03. The number of nitrogens with zero attached hydrogens (tertiary/aromatic N) is 1. The summed E-state index contributed by atoms with van der Waals surface area (Å²) < 4.78 is 5.49. The van der Waals surface area contributed by atoms with Gasteiger partial charge in [-0.15, -0.1) is 11.8 Å². The van der Waals surface area contributed by atoms with E-state index in [9.17, 15) is 0 Å². The van der Waals surface area contributed by atoms with E-state index in [1.165, 1.54) is 24.9 Å². The molecule has 3 aliphatic rings. The zero-order valence-electron chi connectivity index (χ0n) is 13.2. The third-order valence-corrected chi connectivity index (χ3v) is 6.52. The summed E-state index contributed by atoms with van der Waals surface area (Å²) >= 11 is 1.97. The van der Waals surface area contributed by atoms with Gasteiger partial charge in [-0.25, -0.2) is 0 Å². The fourth-order valence-corrected chi connectivity index (χ4v) is 5.60. The Kier molecular flexibility index (Phi) is 3.79. The van der Waals surface area contributed by atoms with E-state index in [0.717, 1.165) is 11.7 Å². The Bertz CT molecular complexity index is 624. The van der Waals surface area contributed by atoms with E-state index < -0.39 is 0 Å². The summed E-state index contributed by atoms with van der Waals surface area (Å²) in [5.74, 6) is 2.35.